The fraction of sp³-hybridized carbons (Fsp3) is 0.667. The minimum Gasteiger partial charge on any atom is -0.461 e. The Hall–Kier alpha value is -1.04. The van der Waals surface area contributed by atoms with Gasteiger partial charge in [0.05, 0.1) is 0 Å². The molecule has 0 amide bonds. The third-order valence-corrected chi connectivity index (χ3v) is 6.58. The van der Waals surface area contributed by atoms with Crippen LogP contribution in [0.25, 0.3) is 0 Å². The molecule has 0 aromatic carbocycles. The minimum absolute atomic E-state index is 0.185. The van der Waals surface area contributed by atoms with Crippen LogP contribution in [0.15, 0.2) is 24.3 Å². The lowest BCUT2D eigenvalue weighted by molar-refractivity contribution is -0.139. The van der Waals surface area contributed by atoms with E-state index in [1.54, 1.807) is 19.6 Å². The van der Waals surface area contributed by atoms with Gasteiger partial charge in [-0.2, -0.15) is 19.5 Å². The molecule has 0 heterocycles. The van der Waals surface area contributed by atoms with E-state index in [2.05, 4.69) is 42.3 Å². The second-order valence-electron chi connectivity index (χ2n) is 8.64. The Kier molecular flexibility index (Phi) is 17.5. The summed E-state index contributed by atoms with van der Waals surface area (Å²) in [6.45, 7) is 20.6. The second kappa shape index (κ2) is 15.8. The van der Waals surface area contributed by atoms with E-state index in [0.717, 1.165) is 0 Å². The van der Waals surface area contributed by atoms with Crippen LogP contribution in [0.3, 0.4) is 0 Å². The Morgan fingerprint density at radius 2 is 1.12 bits per heavy atom. The summed E-state index contributed by atoms with van der Waals surface area (Å²) in [6, 6.07) is 0. The van der Waals surface area contributed by atoms with E-state index < -0.39 is 53.6 Å². The molecule has 15 heteroatoms. The van der Waals surface area contributed by atoms with Crippen molar-refractivity contribution in [2.24, 2.45) is 0 Å². The van der Waals surface area contributed by atoms with Crippen molar-refractivity contribution in [3.8, 4) is 0 Å². The molecule has 0 saturated heterocycles. The van der Waals surface area contributed by atoms with Gasteiger partial charge in [-0.3, -0.25) is 4.55 Å². The molecule has 0 unspecified atom stereocenters. The van der Waals surface area contributed by atoms with E-state index in [4.69, 9.17) is 19.5 Å². The second-order valence-corrected chi connectivity index (χ2v) is 24.2. The monoisotopic (exact) mass is 568 g/mol. The van der Waals surface area contributed by atoms with Gasteiger partial charge in [-0.05, 0) is 33.5 Å². The number of hydrogen-bond donors (Lipinski definition) is 1. The molecule has 0 radical (unpaired) electrons. The summed E-state index contributed by atoms with van der Waals surface area (Å²) in [4.78, 5) is 21.6. The number of rotatable bonds is 10. The quantitative estimate of drug-likeness (QED) is 0.136. The normalized spacial score (nSPS) is 11.7. The van der Waals surface area contributed by atoms with Crippen molar-refractivity contribution < 1.29 is 44.3 Å². The lowest BCUT2D eigenvalue weighted by Crippen LogP contribution is -2.31. The lowest BCUT2D eigenvalue weighted by atomic mass is 10.4. The first-order valence-electron chi connectivity index (χ1n) is 9.59. The van der Waals surface area contributed by atoms with Crippen LogP contribution in [0.2, 0.25) is 39.3 Å². The largest absolute Gasteiger partial charge is 0.461 e. The number of carbonyl (C=O) groups excluding carboxylic acids is 2. The van der Waals surface area contributed by atoms with Crippen LogP contribution in [0.4, 0.5) is 0 Å². The predicted octanol–water partition coefficient (Wildman–Crippen LogP) is 3.34. The Morgan fingerprint density at radius 1 is 0.818 bits per heavy atom. The number of carbonyl (C=O) groups is 2. The average Bonchev–Trinajstić information content (AvgIpc) is 2.49. The highest BCUT2D eigenvalue weighted by Crippen LogP contribution is 2.08. The standard InChI is InChI=1S/C9H18O5SSi.C6H10O5S.C3H9ClSi/c1-8(2)9(10)13-6-7-15(11,12)14-16(3,4)5;1-5(2)6(7)11-3-4-12(8,9)10;1-5(2,3)4/h1,6-7H2,2-5H3;1,3-4H2,2H3,(H,8,9,10);1-3H3. The van der Waals surface area contributed by atoms with Gasteiger partial charge in [0.15, 0.2) is 0 Å². The summed E-state index contributed by atoms with van der Waals surface area (Å²) in [5.41, 5.74) is 0.425. The van der Waals surface area contributed by atoms with Gasteiger partial charge in [0.25, 0.3) is 20.2 Å². The van der Waals surface area contributed by atoms with Crippen molar-refractivity contribution in [1.82, 2.24) is 0 Å². The molecule has 0 aliphatic rings. The maximum Gasteiger partial charge on any atom is 0.333 e. The summed E-state index contributed by atoms with van der Waals surface area (Å²) in [6.07, 6.45) is 0. The Bertz CT molecular complexity index is 865. The SMILES string of the molecule is C=C(C)C(=O)OCCS(=O)(=O)O.C=C(C)C(=O)OCCS(=O)(=O)O[Si](C)(C)C.C[Si](C)(C)Cl. The molecule has 0 aromatic heterocycles. The van der Waals surface area contributed by atoms with Crippen LogP contribution in [0.5, 0.6) is 0 Å². The Labute approximate surface area is 205 Å². The first-order chi connectivity index (χ1) is 14.4. The number of ether oxygens (including phenoxy) is 2. The van der Waals surface area contributed by atoms with Crippen LogP contribution in [-0.2, 0) is 43.2 Å². The van der Waals surface area contributed by atoms with Gasteiger partial charge in [-0.25, -0.2) is 18.0 Å². The Morgan fingerprint density at radius 3 is 1.36 bits per heavy atom. The van der Waals surface area contributed by atoms with Gasteiger partial charge in [-0.15, -0.1) is 0 Å². The molecule has 0 aromatic rings. The van der Waals surface area contributed by atoms with Crippen LogP contribution < -0.4 is 0 Å². The van der Waals surface area contributed by atoms with Crippen molar-refractivity contribution in [3.63, 3.8) is 0 Å². The van der Waals surface area contributed by atoms with Crippen molar-refractivity contribution in [3.05, 3.63) is 24.3 Å². The molecule has 0 aliphatic carbocycles. The van der Waals surface area contributed by atoms with Crippen LogP contribution >= 0.6 is 11.1 Å². The van der Waals surface area contributed by atoms with E-state index in [0.29, 0.717) is 0 Å². The molecule has 0 aliphatic heterocycles. The average molecular weight is 569 g/mol. The highest BCUT2D eigenvalue weighted by molar-refractivity contribution is 7.87. The van der Waals surface area contributed by atoms with Crippen molar-refractivity contribution in [2.75, 3.05) is 24.7 Å². The summed E-state index contributed by atoms with van der Waals surface area (Å²) in [7, 11) is -10.9. The third kappa shape index (κ3) is 35.7. The molecular formula is C18H37ClO10S2Si2. The van der Waals surface area contributed by atoms with E-state index in [1.807, 2.05) is 0 Å². The molecule has 1 N–H and O–H groups in total. The topological polar surface area (TPSA) is 150 Å². The molecule has 0 atom stereocenters. The zero-order valence-electron chi connectivity index (χ0n) is 20.6. The zero-order chi connectivity index (χ0) is 27.3. The fourth-order valence-electron chi connectivity index (χ4n) is 1.15. The molecule has 0 bridgehead atoms. The minimum atomic E-state index is -4.05. The van der Waals surface area contributed by atoms with Crippen LogP contribution in [0, 0.1) is 0 Å². The molecule has 33 heavy (non-hydrogen) atoms. The molecule has 0 saturated carbocycles. The first-order valence-corrected chi connectivity index (χ1v) is 20.7. The highest BCUT2D eigenvalue weighted by Gasteiger charge is 2.24. The summed E-state index contributed by atoms with van der Waals surface area (Å²) < 4.78 is 65.3. The predicted molar refractivity (Wildman–Crippen MR) is 135 cm³/mol. The van der Waals surface area contributed by atoms with E-state index in [-0.39, 0.29) is 30.1 Å². The van der Waals surface area contributed by atoms with Crippen LogP contribution in [-0.4, -0.2) is 73.7 Å². The number of hydrogen-bond acceptors (Lipinski definition) is 9. The lowest BCUT2D eigenvalue weighted by Gasteiger charge is -2.16. The Balaban J connectivity index is -0.000000465. The third-order valence-electron chi connectivity index (χ3n) is 2.21. The van der Waals surface area contributed by atoms with E-state index in [9.17, 15) is 26.4 Å². The van der Waals surface area contributed by atoms with E-state index >= 15 is 0 Å². The van der Waals surface area contributed by atoms with Gasteiger partial charge in [0.1, 0.15) is 32.1 Å². The van der Waals surface area contributed by atoms with Crippen molar-refractivity contribution >= 4 is 59.0 Å². The number of halogens is 1. The maximum atomic E-state index is 11.4. The van der Waals surface area contributed by atoms with Gasteiger partial charge < -0.3 is 13.3 Å². The van der Waals surface area contributed by atoms with Gasteiger partial charge in [-0.1, -0.05) is 32.8 Å². The van der Waals surface area contributed by atoms with Crippen LogP contribution in [0.1, 0.15) is 13.8 Å². The summed E-state index contributed by atoms with van der Waals surface area (Å²) in [5.74, 6) is -2.18. The summed E-state index contributed by atoms with van der Waals surface area (Å²) >= 11 is 5.67. The molecule has 196 valence electrons. The van der Waals surface area contributed by atoms with E-state index in [1.165, 1.54) is 13.8 Å². The first kappa shape index (κ1) is 36.5. The zero-order valence-corrected chi connectivity index (χ0v) is 24.9. The van der Waals surface area contributed by atoms with Crippen molar-refractivity contribution in [2.45, 2.75) is 53.1 Å². The number of esters is 2. The molecule has 0 rings (SSSR count). The highest BCUT2D eigenvalue weighted by atomic mass is 35.6. The molecular weight excluding hydrogens is 532 g/mol. The van der Waals surface area contributed by atoms with Crippen molar-refractivity contribution in [1.29, 1.82) is 0 Å². The van der Waals surface area contributed by atoms with Gasteiger partial charge in [0.2, 0.25) is 8.32 Å². The van der Waals surface area contributed by atoms with Gasteiger partial charge >= 0.3 is 11.9 Å². The molecule has 10 nitrogen and oxygen atoms in total. The maximum absolute atomic E-state index is 11.4. The van der Waals surface area contributed by atoms with Gasteiger partial charge in [0, 0.05) is 11.1 Å². The fourth-order valence-corrected chi connectivity index (χ4v) is 5.11. The molecule has 0 fully saturated rings. The smallest absolute Gasteiger partial charge is 0.333 e. The molecule has 0 spiro atoms. The summed E-state index contributed by atoms with van der Waals surface area (Å²) in [5, 5.41) is 0.